The van der Waals surface area contributed by atoms with Crippen molar-refractivity contribution in [3.05, 3.63) is 27.2 Å². The van der Waals surface area contributed by atoms with E-state index in [1.165, 1.54) is 11.9 Å². The predicted molar refractivity (Wildman–Crippen MR) is 136 cm³/mol. The van der Waals surface area contributed by atoms with E-state index >= 15 is 0 Å². The molecule has 182 valence electrons. The van der Waals surface area contributed by atoms with Crippen LogP contribution in [0.25, 0.3) is 0 Å². The van der Waals surface area contributed by atoms with Gasteiger partial charge >= 0.3 is 0 Å². The van der Waals surface area contributed by atoms with Crippen molar-refractivity contribution in [1.29, 1.82) is 0 Å². The van der Waals surface area contributed by atoms with Crippen molar-refractivity contribution in [2.75, 3.05) is 0 Å². The molecule has 5 nitrogen and oxygen atoms in total. The second-order valence-electron chi connectivity index (χ2n) is 10.4. The van der Waals surface area contributed by atoms with Crippen LogP contribution in [0.1, 0.15) is 65.2 Å². The number of primary amides is 1. The number of carbonyl (C=O) groups is 2. The van der Waals surface area contributed by atoms with Gasteiger partial charge in [0.15, 0.2) is 0 Å². The minimum Gasteiger partial charge on any atom is -0.369 e. The van der Waals surface area contributed by atoms with Gasteiger partial charge < -0.3 is 11.1 Å². The normalized spacial score (nSPS) is 32.6. The third-order valence-corrected chi connectivity index (χ3v) is 10.3. The number of carbonyl (C=O) groups excluding carboxylic acids is 2. The van der Waals surface area contributed by atoms with Crippen molar-refractivity contribution in [2.45, 2.75) is 81.7 Å². The fraction of sp³-hybridized carbons (Fsp3) is 0.667. The predicted octanol–water partition coefficient (Wildman–Crippen LogP) is 5.99. The Morgan fingerprint density at radius 2 is 1.82 bits per heavy atom. The average molecular weight is 533 g/mol. The van der Waals surface area contributed by atoms with Crippen molar-refractivity contribution in [3.63, 3.8) is 0 Å². The second-order valence-corrected chi connectivity index (χ2v) is 12.5. The molecule has 3 fully saturated rings. The van der Waals surface area contributed by atoms with Crippen LogP contribution in [0.2, 0.25) is 15.1 Å². The number of nitrogens with two attached hydrogens (primary N) is 1. The van der Waals surface area contributed by atoms with E-state index in [4.69, 9.17) is 40.5 Å². The fourth-order valence-electron chi connectivity index (χ4n) is 6.09. The number of hydrogen-bond donors (Lipinski definition) is 3. The summed E-state index contributed by atoms with van der Waals surface area (Å²) >= 11 is 19.9. The number of rotatable bonds is 7. The number of benzene rings is 1. The molecule has 1 aromatic carbocycles. The molecule has 3 saturated carbocycles. The maximum absolute atomic E-state index is 13.6. The molecule has 2 bridgehead atoms. The van der Waals surface area contributed by atoms with Crippen LogP contribution in [0.15, 0.2) is 17.0 Å². The first-order valence-electron chi connectivity index (χ1n) is 11.8. The van der Waals surface area contributed by atoms with Crippen molar-refractivity contribution in [3.8, 4) is 0 Å². The van der Waals surface area contributed by atoms with Crippen LogP contribution < -0.4 is 15.8 Å². The summed E-state index contributed by atoms with van der Waals surface area (Å²) in [7, 11) is 0. The Labute approximate surface area is 215 Å². The highest BCUT2D eigenvalue weighted by molar-refractivity contribution is 7.97. The molecule has 0 aromatic heterocycles. The minimum atomic E-state index is -0.642. The van der Waals surface area contributed by atoms with E-state index in [2.05, 4.69) is 17.0 Å². The van der Waals surface area contributed by atoms with Gasteiger partial charge in [-0.3, -0.25) is 9.59 Å². The molecule has 4 N–H and O–H groups in total. The summed E-state index contributed by atoms with van der Waals surface area (Å²) in [4.78, 5) is 26.5. The molecule has 3 aliphatic rings. The molecule has 0 heterocycles. The summed E-state index contributed by atoms with van der Waals surface area (Å²) in [6.07, 6.45) is 7.23. The van der Waals surface area contributed by atoms with E-state index in [9.17, 15) is 9.59 Å². The Morgan fingerprint density at radius 1 is 1.12 bits per heavy atom. The highest BCUT2D eigenvalue weighted by Gasteiger charge is 2.51. The van der Waals surface area contributed by atoms with Crippen LogP contribution in [0.3, 0.4) is 0 Å². The lowest BCUT2D eigenvalue weighted by Gasteiger charge is -2.51. The van der Waals surface area contributed by atoms with E-state index < -0.39 is 11.0 Å². The Kier molecular flexibility index (Phi) is 7.53. The van der Waals surface area contributed by atoms with Crippen LogP contribution >= 0.6 is 46.8 Å². The highest BCUT2D eigenvalue weighted by atomic mass is 35.5. The highest BCUT2D eigenvalue weighted by Crippen LogP contribution is 2.51. The zero-order valence-electron chi connectivity index (χ0n) is 19.1. The SMILES string of the molecule is CCC1CC2CC(CC(C)(C(N)=O)C2)C1NC(=O)C1(NSc2cc(Cl)c(Cl)cc2Cl)CCC1. The maximum Gasteiger partial charge on any atom is 0.241 e. The molecule has 5 atom stereocenters. The van der Waals surface area contributed by atoms with Gasteiger partial charge in [0.1, 0.15) is 5.54 Å². The lowest BCUT2D eigenvalue weighted by atomic mass is 9.56. The van der Waals surface area contributed by atoms with Gasteiger partial charge in [0.05, 0.1) is 15.1 Å². The van der Waals surface area contributed by atoms with Crippen molar-refractivity contribution in [2.24, 2.45) is 28.9 Å². The van der Waals surface area contributed by atoms with E-state index in [1.54, 1.807) is 12.1 Å². The number of nitrogens with one attached hydrogen (secondary N) is 2. The Morgan fingerprint density at radius 3 is 2.42 bits per heavy atom. The van der Waals surface area contributed by atoms with Gasteiger partial charge in [0, 0.05) is 16.4 Å². The van der Waals surface area contributed by atoms with Gasteiger partial charge in [-0.25, -0.2) is 4.72 Å². The first-order valence-corrected chi connectivity index (χ1v) is 13.7. The molecule has 1 aromatic rings. The molecule has 0 aliphatic heterocycles. The van der Waals surface area contributed by atoms with Crippen LogP contribution in [0.5, 0.6) is 0 Å². The van der Waals surface area contributed by atoms with Gasteiger partial charge in [0.2, 0.25) is 11.8 Å². The minimum absolute atomic E-state index is 0.0330. The number of amides is 2. The molecule has 0 saturated heterocycles. The first kappa shape index (κ1) is 25.4. The Bertz CT molecular complexity index is 942. The fourth-order valence-corrected chi connectivity index (χ4v) is 7.76. The molecule has 2 amide bonds. The van der Waals surface area contributed by atoms with E-state index in [-0.39, 0.29) is 23.8 Å². The van der Waals surface area contributed by atoms with Gasteiger partial charge in [0.25, 0.3) is 0 Å². The number of halogens is 3. The van der Waals surface area contributed by atoms with Crippen molar-refractivity contribution in [1.82, 2.24) is 10.0 Å². The standard InChI is InChI=1S/C24H32Cl3N3O2S/c1-3-14-7-13-8-15(12-23(2,11-13)21(28)31)20(14)29-22(32)24(5-4-6-24)30-33-19-10-17(26)16(25)9-18(19)27/h9-10,13-15,20,30H,3-8,11-12H2,1-2H3,(H2,28,31)(H,29,32). The monoisotopic (exact) mass is 531 g/mol. The lowest BCUT2D eigenvalue weighted by Crippen LogP contribution is -2.64. The van der Waals surface area contributed by atoms with E-state index in [0.29, 0.717) is 26.9 Å². The van der Waals surface area contributed by atoms with Gasteiger partial charge in [-0.1, -0.05) is 55.1 Å². The topological polar surface area (TPSA) is 84.2 Å². The van der Waals surface area contributed by atoms with Crippen LogP contribution in [0.4, 0.5) is 0 Å². The second kappa shape index (κ2) is 9.77. The van der Waals surface area contributed by atoms with E-state index in [0.717, 1.165) is 56.3 Å². The van der Waals surface area contributed by atoms with Gasteiger partial charge in [-0.05, 0) is 86.8 Å². The summed E-state index contributed by atoms with van der Waals surface area (Å²) in [5.74, 6) is 1.01. The molecule has 4 rings (SSSR count). The molecule has 5 unspecified atom stereocenters. The average Bonchev–Trinajstić information content (AvgIpc) is 2.72. The number of fused-ring (bicyclic) bond motifs is 2. The molecular weight excluding hydrogens is 501 g/mol. The van der Waals surface area contributed by atoms with Gasteiger partial charge in [-0.2, -0.15) is 0 Å². The maximum atomic E-state index is 13.6. The molecule has 0 radical (unpaired) electrons. The summed E-state index contributed by atoms with van der Waals surface area (Å²) < 4.78 is 3.39. The molecule has 33 heavy (non-hydrogen) atoms. The number of hydrogen-bond acceptors (Lipinski definition) is 4. The zero-order valence-corrected chi connectivity index (χ0v) is 22.1. The molecule has 9 heteroatoms. The van der Waals surface area contributed by atoms with Crippen LogP contribution in [-0.2, 0) is 9.59 Å². The van der Waals surface area contributed by atoms with Crippen LogP contribution in [-0.4, -0.2) is 23.4 Å². The third-order valence-electron chi connectivity index (χ3n) is 8.13. The van der Waals surface area contributed by atoms with Gasteiger partial charge in [-0.15, -0.1) is 0 Å². The third kappa shape index (κ3) is 5.02. The summed E-state index contributed by atoms with van der Waals surface area (Å²) in [6.45, 7) is 4.18. The van der Waals surface area contributed by atoms with Crippen LogP contribution in [0, 0.1) is 23.2 Å². The largest absolute Gasteiger partial charge is 0.369 e. The summed E-state index contributed by atoms with van der Waals surface area (Å²) in [6, 6.07) is 3.40. The molecule has 0 spiro atoms. The Balaban J connectivity index is 1.48. The smallest absolute Gasteiger partial charge is 0.241 e. The quantitative estimate of drug-likeness (QED) is 0.297. The lowest BCUT2D eigenvalue weighted by molar-refractivity contribution is -0.135. The summed E-state index contributed by atoms with van der Waals surface area (Å²) in [5.41, 5.74) is 4.65. The first-order chi connectivity index (χ1) is 15.6. The Hall–Kier alpha value is -0.660. The molecule has 3 aliphatic carbocycles. The van der Waals surface area contributed by atoms with Crippen molar-refractivity contribution < 1.29 is 9.59 Å². The van der Waals surface area contributed by atoms with Crippen molar-refractivity contribution >= 4 is 58.6 Å². The molecular formula is C24H32Cl3N3O2S. The summed E-state index contributed by atoms with van der Waals surface area (Å²) in [5, 5.41) is 4.74. The zero-order chi connectivity index (χ0) is 24.0. The van der Waals surface area contributed by atoms with E-state index in [1.807, 2.05) is 6.92 Å².